The summed E-state index contributed by atoms with van der Waals surface area (Å²) in [6.07, 6.45) is 1.56. The average Bonchev–Trinajstić information content (AvgIpc) is 3.66. The van der Waals surface area contributed by atoms with E-state index in [2.05, 4.69) is 9.73 Å². The topological polar surface area (TPSA) is 171 Å². The number of rotatable bonds is 12. The number of fused-ring (bicyclic) bond motifs is 1. The molecule has 0 unspecified atom stereocenters. The van der Waals surface area contributed by atoms with E-state index >= 15 is 0 Å². The smallest absolute Gasteiger partial charge is 0.343 e. The molecule has 15 heteroatoms. The number of carbonyl (C=O) groups excluding carboxylic acids is 2. The van der Waals surface area contributed by atoms with Gasteiger partial charge in [-0.2, -0.15) is 0 Å². The lowest BCUT2D eigenvalue weighted by molar-refractivity contribution is -0.384. The van der Waals surface area contributed by atoms with Gasteiger partial charge in [0.15, 0.2) is 22.9 Å². The lowest BCUT2D eigenvalue weighted by Crippen LogP contribution is -2.40. The quantitative estimate of drug-likeness (QED) is 0.121. The van der Waals surface area contributed by atoms with Crippen LogP contribution in [0.2, 0.25) is 0 Å². The van der Waals surface area contributed by atoms with Gasteiger partial charge in [0.1, 0.15) is 17.3 Å². The molecule has 0 radical (unpaired) electrons. The number of carbonyl (C=O) groups is 2. The van der Waals surface area contributed by atoms with Crippen molar-refractivity contribution < 1.29 is 42.6 Å². The lowest BCUT2D eigenvalue weighted by atomic mass is 9.95. The van der Waals surface area contributed by atoms with Gasteiger partial charge in [-0.05, 0) is 56.7 Å². The van der Waals surface area contributed by atoms with Crippen LogP contribution in [0.5, 0.6) is 17.2 Å². The second kappa shape index (κ2) is 14.4. The highest BCUT2D eigenvalue weighted by atomic mass is 32.1. The molecule has 1 aliphatic rings. The van der Waals surface area contributed by atoms with Crippen LogP contribution in [0.15, 0.2) is 74.0 Å². The summed E-state index contributed by atoms with van der Waals surface area (Å²) >= 11 is 1.11. The Bertz CT molecular complexity index is 2110. The number of nitrogens with zero attached hydrogens (tertiary/aromatic N) is 3. The van der Waals surface area contributed by atoms with Crippen LogP contribution in [-0.4, -0.2) is 55.5 Å². The van der Waals surface area contributed by atoms with Crippen molar-refractivity contribution >= 4 is 35.0 Å². The first-order valence-corrected chi connectivity index (χ1v) is 15.5. The maximum absolute atomic E-state index is 14.1. The molecule has 0 N–H and O–H groups in total. The van der Waals surface area contributed by atoms with Gasteiger partial charge in [0.2, 0.25) is 0 Å². The Morgan fingerprint density at radius 3 is 2.52 bits per heavy atom. The number of methoxy groups -OCH3 is 2. The fraction of sp³-hybridized carbons (Fsp3) is 0.273. The first-order chi connectivity index (χ1) is 23.1. The van der Waals surface area contributed by atoms with Crippen LogP contribution in [0.4, 0.5) is 5.69 Å². The number of esters is 2. The molecule has 0 saturated carbocycles. The molecule has 2 aromatic heterocycles. The zero-order valence-corrected chi connectivity index (χ0v) is 27.5. The van der Waals surface area contributed by atoms with E-state index in [1.165, 1.54) is 37.0 Å². The van der Waals surface area contributed by atoms with Gasteiger partial charge in [-0.1, -0.05) is 17.4 Å². The molecule has 0 aliphatic carbocycles. The van der Waals surface area contributed by atoms with Crippen molar-refractivity contribution in [1.82, 2.24) is 4.57 Å². The minimum absolute atomic E-state index is 0.109. The number of ether oxygens (including phenoxy) is 5. The van der Waals surface area contributed by atoms with E-state index in [9.17, 15) is 24.5 Å². The maximum Gasteiger partial charge on any atom is 0.343 e. The Morgan fingerprint density at radius 2 is 1.83 bits per heavy atom. The number of hydrogen-bond donors (Lipinski definition) is 0. The van der Waals surface area contributed by atoms with E-state index in [0.29, 0.717) is 38.9 Å². The van der Waals surface area contributed by atoms with Crippen molar-refractivity contribution in [2.75, 3.05) is 34.0 Å². The number of allylic oxidation sites excluding steroid dienone is 1. The van der Waals surface area contributed by atoms with Crippen LogP contribution in [0, 0.1) is 10.1 Å². The van der Waals surface area contributed by atoms with Gasteiger partial charge in [0, 0.05) is 12.1 Å². The summed E-state index contributed by atoms with van der Waals surface area (Å²) in [6, 6.07) is 11.5. The van der Waals surface area contributed by atoms with Gasteiger partial charge < -0.3 is 28.1 Å². The molecule has 0 bridgehead atoms. The third kappa shape index (κ3) is 6.71. The van der Waals surface area contributed by atoms with E-state index in [-0.39, 0.29) is 47.1 Å². The predicted octanol–water partition coefficient (Wildman–Crippen LogP) is 3.93. The molecule has 0 spiro atoms. The standard InChI is InChI=1S/C33H31N3O11S/c1-6-44-26-14-19(8-12-24(26)46-17-28(37)43-5)30-29(32(39)45-7-2)18(3)34-33-35(30)31(38)27(48-33)16-21-10-13-23(47-21)22-11-9-20(36(40)41)15-25(22)42-4/h8-16,30H,6-7,17H2,1-5H3/b27-16-/t30-/m1/s1. The Kier molecular flexibility index (Phi) is 10.1. The second-order valence-electron chi connectivity index (χ2n) is 10.1. The summed E-state index contributed by atoms with van der Waals surface area (Å²) in [5.41, 5.74) is 0.982. The van der Waals surface area contributed by atoms with Crippen molar-refractivity contribution in [1.29, 1.82) is 0 Å². The van der Waals surface area contributed by atoms with Crippen LogP contribution in [-0.2, 0) is 19.1 Å². The number of hydrogen-bond acceptors (Lipinski definition) is 13. The molecule has 14 nitrogen and oxygen atoms in total. The van der Waals surface area contributed by atoms with Crippen LogP contribution < -0.4 is 29.1 Å². The molecule has 5 rings (SSSR count). The van der Waals surface area contributed by atoms with Crippen molar-refractivity contribution in [2.24, 2.45) is 4.99 Å². The summed E-state index contributed by atoms with van der Waals surface area (Å²) in [4.78, 5) is 54.7. The number of nitro benzene ring substituents is 1. The van der Waals surface area contributed by atoms with Crippen LogP contribution >= 0.6 is 11.3 Å². The Labute approximate surface area is 277 Å². The van der Waals surface area contributed by atoms with Crippen molar-refractivity contribution in [3.8, 4) is 28.6 Å². The lowest BCUT2D eigenvalue weighted by Gasteiger charge is -2.25. The van der Waals surface area contributed by atoms with Gasteiger partial charge >= 0.3 is 11.9 Å². The highest BCUT2D eigenvalue weighted by Gasteiger charge is 2.34. The largest absolute Gasteiger partial charge is 0.496 e. The molecule has 4 aromatic rings. The summed E-state index contributed by atoms with van der Waals surface area (Å²) in [7, 11) is 2.65. The maximum atomic E-state index is 14.1. The molecular formula is C33H31N3O11S. The minimum Gasteiger partial charge on any atom is -0.496 e. The summed E-state index contributed by atoms with van der Waals surface area (Å²) < 4.78 is 34.5. The minimum atomic E-state index is -0.937. The van der Waals surface area contributed by atoms with E-state index in [0.717, 1.165) is 11.3 Å². The Hall–Kier alpha value is -5.70. The van der Waals surface area contributed by atoms with Gasteiger partial charge in [-0.25, -0.2) is 14.6 Å². The molecule has 3 heterocycles. The third-order valence-corrected chi connectivity index (χ3v) is 8.22. The number of furan rings is 1. The number of thiazole rings is 1. The predicted molar refractivity (Wildman–Crippen MR) is 173 cm³/mol. The highest BCUT2D eigenvalue weighted by Crippen LogP contribution is 2.37. The number of nitro groups is 1. The SMILES string of the molecule is CCOC(=O)C1=C(C)N=c2s/c(=C\c3ccc(-c4ccc([N+](=O)[O-])cc4OC)o3)c(=O)n2[C@@H]1c1ccc(OCC(=O)OC)c(OCC)c1. The number of aromatic nitrogens is 1. The Balaban J connectivity index is 1.61. The van der Waals surface area contributed by atoms with Crippen LogP contribution in [0.3, 0.4) is 0 Å². The van der Waals surface area contributed by atoms with E-state index in [1.54, 1.807) is 57.2 Å². The number of benzene rings is 2. The van der Waals surface area contributed by atoms with Gasteiger partial charge in [0.05, 0.1) is 65.8 Å². The zero-order chi connectivity index (χ0) is 34.5. The van der Waals surface area contributed by atoms with Gasteiger partial charge in [-0.3, -0.25) is 19.5 Å². The van der Waals surface area contributed by atoms with E-state index in [4.69, 9.17) is 23.4 Å². The first kappa shape index (κ1) is 33.7. The molecule has 0 amide bonds. The summed E-state index contributed by atoms with van der Waals surface area (Å²) in [5.74, 6) is 0.316. The van der Waals surface area contributed by atoms with Crippen molar-refractivity contribution in [2.45, 2.75) is 26.8 Å². The summed E-state index contributed by atoms with van der Waals surface area (Å²) in [5, 5.41) is 11.2. The third-order valence-electron chi connectivity index (χ3n) is 7.24. The van der Waals surface area contributed by atoms with E-state index in [1.807, 2.05) is 0 Å². The highest BCUT2D eigenvalue weighted by molar-refractivity contribution is 7.07. The average molecular weight is 678 g/mol. The normalized spacial score (nSPS) is 14.2. The second-order valence-corrected chi connectivity index (χ2v) is 11.2. The fourth-order valence-corrected chi connectivity index (χ4v) is 6.11. The fourth-order valence-electron chi connectivity index (χ4n) is 5.09. The van der Waals surface area contributed by atoms with Crippen LogP contribution in [0.25, 0.3) is 17.4 Å². The van der Waals surface area contributed by atoms with E-state index < -0.39 is 28.5 Å². The van der Waals surface area contributed by atoms with Crippen LogP contribution in [0.1, 0.15) is 38.1 Å². The molecule has 48 heavy (non-hydrogen) atoms. The van der Waals surface area contributed by atoms with Gasteiger partial charge in [-0.15, -0.1) is 0 Å². The van der Waals surface area contributed by atoms with Gasteiger partial charge in [0.25, 0.3) is 11.2 Å². The first-order valence-electron chi connectivity index (χ1n) is 14.7. The summed E-state index contributed by atoms with van der Waals surface area (Å²) in [6.45, 7) is 5.18. The molecule has 1 atom stereocenters. The van der Waals surface area contributed by atoms with Crippen molar-refractivity contribution in [3.63, 3.8) is 0 Å². The molecular weight excluding hydrogens is 646 g/mol. The molecule has 1 aliphatic heterocycles. The zero-order valence-electron chi connectivity index (χ0n) is 26.6. The Morgan fingerprint density at radius 1 is 1.04 bits per heavy atom. The molecule has 2 aromatic carbocycles. The van der Waals surface area contributed by atoms with Crippen molar-refractivity contribution in [3.05, 3.63) is 101 Å². The monoisotopic (exact) mass is 677 g/mol. The molecule has 0 fully saturated rings. The molecule has 250 valence electrons. The number of non-ortho nitro benzene ring substituents is 1. The molecule has 0 saturated heterocycles.